The molecule has 3 nitrogen and oxygen atoms in total. The summed E-state index contributed by atoms with van der Waals surface area (Å²) in [7, 11) is 0. The molecule has 0 unspecified atom stereocenters. The molecule has 0 atom stereocenters. The Morgan fingerprint density at radius 3 is 2.67 bits per heavy atom. The normalized spacial score (nSPS) is 10.4. The molecule has 1 aromatic rings. The van der Waals surface area contributed by atoms with Crippen LogP contribution in [0.3, 0.4) is 0 Å². The summed E-state index contributed by atoms with van der Waals surface area (Å²) in [6, 6.07) is 2.85. The fraction of sp³-hybridized carbons (Fsp3) is 0.333. The van der Waals surface area contributed by atoms with Crippen molar-refractivity contribution >= 4 is 11.6 Å². The smallest absolute Gasteiger partial charge is 0.266 e. The van der Waals surface area contributed by atoms with E-state index in [9.17, 15) is 8.78 Å². The third-order valence-corrected chi connectivity index (χ3v) is 2.11. The van der Waals surface area contributed by atoms with E-state index >= 15 is 0 Å². The first-order chi connectivity index (χ1) is 7.13. The van der Waals surface area contributed by atoms with E-state index in [-0.39, 0.29) is 28.4 Å². The first kappa shape index (κ1) is 11.8. The Kier molecular flexibility index (Phi) is 3.95. The summed E-state index contributed by atoms with van der Waals surface area (Å²) in [5, 5.41) is 17.5. The largest absolute Gasteiger partial charge is 0.392 e. The van der Waals surface area contributed by atoms with Crippen LogP contribution in [0, 0.1) is 11.3 Å². The van der Waals surface area contributed by atoms with E-state index in [1.807, 2.05) is 0 Å². The third-order valence-electron chi connectivity index (χ3n) is 1.85. The lowest BCUT2D eigenvalue weighted by Gasteiger charge is -2.10. The molecule has 0 spiro atoms. The summed E-state index contributed by atoms with van der Waals surface area (Å²) >= 11 is 5.45. The molecule has 0 fully saturated rings. The van der Waals surface area contributed by atoms with E-state index in [2.05, 4.69) is 4.98 Å². The van der Waals surface area contributed by atoms with E-state index in [0.717, 1.165) is 6.07 Å². The highest BCUT2D eigenvalue weighted by atomic mass is 35.5. The Morgan fingerprint density at radius 1 is 1.60 bits per heavy atom. The number of nitriles is 1. The number of hydrogen-bond acceptors (Lipinski definition) is 3. The van der Waals surface area contributed by atoms with Gasteiger partial charge in [-0.1, -0.05) is 0 Å². The average Bonchev–Trinajstić information content (AvgIpc) is 2.26. The minimum atomic E-state index is -2.76. The van der Waals surface area contributed by atoms with Crippen LogP contribution in [0.15, 0.2) is 6.07 Å². The summed E-state index contributed by atoms with van der Waals surface area (Å²) < 4.78 is 25.2. The van der Waals surface area contributed by atoms with Crippen molar-refractivity contribution in [1.29, 1.82) is 5.26 Å². The predicted molar refractivity (Wildman–Crippen MR) is 49.4 cm³/mol. The van der Waals surface area contributed by atoms with Crippen LogP contribution < -0.4 is 0 Å². The molecular formula is C9H7ClF2N2O. The van der Waals surface area contributed by atoms with Crippen molar-refractivity contribution in [2.45, 2.75) is 18.9 Å². The fourth-order valence-electron chi connectivity index (χ4n) is 1.22. The Bertz CT molecular complexity index is 379. The van der Waals surface area contributed by atoms with E-state index < -0.39 is 13.0 Å². The SMILES string of the molecule is N#Cc1cc(CO)c(C(F)F)c(CCl)n1. The number of nitrogens with zero attached hydrogens (tertiary/aromatic N) is 2. The van der Waals surface area contributed by atoms with Crippen molar-refractivity contribution in [3.8, 4) is 6.07 Å². The minimum Gasteiger partial charge on any atom is -0.392 e. The second-order valence-electron chi connectivity index (χ2n) is 2.73. The molecule has 80 valence electrons. The lowest BCUT2D eigenvalue weighted by Crippen LogP contribution is -2.04. The average molecular weight is 233 g/mol. The van der Waals surface area contributed by atoms with E-state index in [1.165, 1.54) is 0 Å². The van der Waals surface area contributed by atoms with E-state index in [1.54, 1.807) is 6.07 Å². The zero-order chi connectivity index (χ0) is 11.4. The molecule has 0 amide bonds. The first-order valence-corrected chi connectivity index (χ1v) is 4.55. The van der Waals surface area contributed by atoms with Crippen molar-refractivity contribution in [1.82, 2.24) is 4.98 Å². The van der Waals surface area contributed by atoms with Crippen LogP contribution in [0.2, 0.25) is 0 Å². The molecule has 0 aliphatic rings. The molecule has 0 radical (unpaired) electrons. The molecule has 0 saturated heterocycles. The number of pyridine rings is 1. The standard InChI is InChI=1S/C9H7ClF2N2O/c10-2-7-8(9(11)12)5(4-15)1-6(3-13)14-7/h1,9,15H,2,4H2. The maximum absolute atomic E-state index is 12.6. The van der Waals surface area contributed by atoms with Crippen LogP contribution in [-0.4, -0.2) is 10.1 Å². The highest BCUT2D eigenvalue weighted by Gasteiger charge is 2.19. The number of rotatable bonds is 3. The maximum Gasteiger partial charge on any atom is 0.266 e. The molecule has 6 heteroatoms. The van der Waals surface area contributed by atoms with Crippen molar-refractivity contribution in [2.75, 3.05) is 0 Å². The van der Waals surface area contributed by atoms with Crippen LogP contribution in [0.5, 0.6) is 0 Å². The highest BCUT2D eigenvalue weighted by molar-refractivity contribution is 6.17. The summed E-state index contributed by atoms with van der Waals surface area (Å²) in [5.41, 5.74) is -0.479. The summed E-state index contributed by atoms with van der Waals surface area (Å²) in [6.45, 7) is -0.569. The van der Waals surface area contributed by atoms with Crippen LogP contribution in [0.25, 0.3) is 0 Å². The van der Waals surface area contributed by atoms with Gasteiger partial charge >= 0.3 is 0 Å². The topological polar surface area (TPSA) is 56.9 Å². The molecule has 1 heterocycles. The van der Waals surface area contributed by atoms with Gasteiger partial charge < -0.3 is 5.11 Å². The number of aliphatic hydroxyl groups excluding tert-OH is 1. The van der Waals surface area contributed by atoms with Gasteiger partial charge in [0.15, 0.2) is 0 Å². The van der Waals surface area contributed by atoms with Crippen LogP contribution in [-0.2, 0) is 12.5 Å². The third kappa shape index (κ3) is 2.41. The fourth-order valence-corrected chi connectivity index (χ4v) is 1.43. The molecule has 0 aliphatic heterocycles. The number of aliphatic hydroxyl groups is 1. The second-order valence-corrected chi connectivity index (χ2v) is 3.00. The van der Waals surface area contributed by atoms with Crippen molar-refractivity contribution in [3.63, 3.8) is 0 Å². The Morgan fingerprint density at radius 2 is 2.27 bits per heavy atom. The molecular weight excluding hydrogens is 226 g/mol. The number of aromatic nitrogens is 1. The summed E-state index contributed by atoms with van der Waals surface area (Å²) in [5.74, 6) is -0.220. The molecule has 0 bridgehead atoms. The summed E-state index contributed by atoms with van der Waals surface area (Å²) in [4.78, 5) is 3.66. The van der Waals surface area contributed by atoms with Gasteiger partial charge in [0, 0.05) is 5.56 Å². The Balaban J connectivity index is 3.41. The zero-order valence-electron chi connectivity index (χ0n) is 7.54. The molecule has 1 aromatic heterocycles. The monoisotopic (exact) mass is 232 g/mol. The van der Waals surface area contributed by atoms with Gasteiger partial charge in [-0.15, -0.1) is 11.6 Å². The van der Waals surface area contributed by atoms with Crippen LogP contribution in [0.1, 0.15) is 28.9 Å². The molecule has 15 heavy (non-hydrogen) atoms. The summed E-state index contributed by atoms with van der Waals surface area (Å²) in [6.07, 6.45) is -2.76. The highest BCUT2D eigenvalue weighted by Crippen LogP contribution is 2.27. The predicted octanol–water partition coefficient (Wildman–Crippen LogP) is 2.12. The van der Waals surface area contributed by atoms with Crippen molar-refractivity contribution in [3.05, 3.63) is 28.6 Å². The lowest BCUT2D eigenvalue weighted by atomic mass is 10.1. The molecule has 0 aromatic carbocycles. The quantitative estimate of drug-likeness (QED) is 0.812. The van der Waals surface area contributed by atoms with Gasteiger partial charge in [0.25, 0.3) is 6.43 Å². The molecule has 0 saturated carbocycles. The minimum absolute atomic E-state index is 0.00722. The van der Waals surface area contributed by atoms with Gasteiger partial charge in [0.2, 0.25) is 0 Å². The van der Waals surface area contributed by atoms with Gasteiger partial charge in [-0.25, -0.2) is 13.8 Å². The van der Waals surface area contributed by atoms with Gasteiger partial charge in [0.1, 0.15) is 11.8 Å². The van der Waals surface area contributed by atoms with E-state index in [4.69, 9.17) is 22.0 Å². The molecule has 0 aliphatic carbocycles. The Hall–Kier alpha value is -1.25. The number of hydrogen-bond donors (Lipinski definition) is 1. The van der Waals surface area contributed by atoms with Gasteiger partial charge in [-0.2, -0.15) is 5.26 Å². The Labute approximate surface area is 89.9 Å². The van der Waals surface area contributed by atoms with E-state index in [0.29, 0.717) is 0 Å². The van der Waals surface area contributed by atoms with Gasteiger partial charge in [-0.3, -0.25) is 0 Å². The molecule has 1 N–H and O–H groups in total. The van der Waals surface area contributed by atoms with Crippen LogP contribution >= 0.6 is 11.6 Å². The van der Waals surface area contributed by atoms with Gasteiger partial charge in [0.05, 0.1) is 18.2 Å². The lowest BCUT2D eigenvalue weighted by molar-refractivity contribution is 0.145. The first-order valence-electron chi connectivity index (χ1n) is 4.01. The number of alkyl halides is 3. The maximum atomic E-state index is 12.6. The van der Waals surface area contributed by atoms with Gasteiger partial charge in [-0.05, 0) is 11.6 Å². The van der Waals surface area contributed by atoms with Crippen LogP contribution in [0.4, 0.5) is 8.78 Å². The zero-order valence-corrected chi connectivity index (χ0v) is 8.30. The second kappa shape index (κ2) is 5.01. The number of halogens is 3. The molecule has 1 rings (SSSR count). The van der Waals surface area contributed by atoms with Crippen molar-refractivity contribution < 1.29 is 13.9 Å². The van der Waals surface area contributed by atoms with Crippen molar-refractivity contribution in [2.24, 2.45) is 0 Å².